The predicted molar refractivity (Wildman–Crippen MR) is 122 cm³/mol. The van der Waals surface area contributed by atoms with Gasteiger partial charge in [-0.15, -0.1) is 0 Å². The molecule has 2 aromatic rings. The summed E-state index contributed by atoms with van der Waals surface area (Å²) in [4.78, 5) is 35.4. The van der Waals surface area contributed by atoms with Gasteiger partial charge in [-0.1, -0.05) is 48.5 Å². The fourth-order valence-corrected chi connectivity index (χ4v) is 5.23. The first-order valence-electron chi connectivity index (χ1n) is 11.6. The van der Waals surface area contributed by atoms with E-state index in [0.29, 0.717) is 6.54 Å². The van der Waals surface area contributed by atoms with Gasteiger partial charge in [0.2, 0.25) is 5.91 Å². The van der Waals surface area contributed by atoms with Crippen molar-refractivity contribution in [3.63, 3.8) is 0 Å². The van der Waals surface area contributed by atoms with Crippen LogP contribution in [-0.4, -0.2) is 42.3 Å². The van der Waals surface area contributed by atoms with Crippen LogP contribution in [0.2, 0.25) is 0 Å². The molecule has 0 bridgehead atoms. The molecule has 0 aromatic heterocycles. The van der Waals surface area contributed by atoms with Gasteiger partial charge in [0.15, 0.2) is 0 Å². The van der Waals surface area contributed by atoms with Crippen LogP contribution in [0.3, 0.4) is 0 Å². The molecule has 172 valence electrons. The van der Waals surface area contributed by atoms with Gasteiger partial charge >= 0.3 is 12.1 Å². The number of carbonyl (C=O) groups excluding carboxylic acids is 2. The fourth-order valence-electron chi connectivity index (χ4n) is 5.23. The van der Waals surface area contributed by atoms with Gasteiger partial charge in [0.05, 0.1) is 0 Å². The maximum atomic E-state index is 12.4. The molecule has 2 fully saturated rings. The number of ether oxygens (including phenoxy) is 1. The monoisotopic (exact) mass is 448 g/mol. The van der Waals surface area contributed by atoms with Crippen LogP contribution in [0, 0.1) is 17.8 Å². The molecule has 0 radical (unpaired) electrons. The second-order valence-corrected chi connectivity index (χ2v) is 9.45. The number of amides is 2. The van der Waals surface area contributed by atoms with Crippen molar-refractivity contribution in [1.82, 2.24) is 10.6 Å². The Morgan fingerprint density at radius 3 is 2.21 bits per heavy atom. The molecule has 0 unspecified atom stereocenters. The molecule has 0 heterocycles. The van der Waals surface area contributed by atoms with E-state index in [-0.39, 0.29) is 48.6 Å². The number of carbonyl (C=O) groups is 3. The van der Waals surface area contributed by atoms with Crippen LogP contribution in [0.4, 0.5) is 4.79 Å². The predicted octanol–water partition coefficient (Wildman–Crippen LogP) is 3.53. The van der Waals surface area contributed by atoms with Gasteiger partial charge in [0.25, 0.3) is 0 Å². The second kappa shape index (κ2) is 8.89. The standard InChI is InChI=1S/C26H28N2O5/c29-24(30)11-15-9-17(10-15)28-25(31)22-12-16(22)13-27-26(32)33-14-23-20-7-3-1-5-18(20)19-6-2-4-8-21(19)23/h1-8,15-17,22-23H,9-14H2,(H,27,32)(H,28,31)(H,29,30)/t15?,16-,17?,22-/m1/s1. The fraction of sp³-hybridized carbons (Fsp3) is 0.423. The van der Waals surface area contributed by atoms with Crippen molar-refractivity contribution in [3.8, 4) is 11.1 Å². The highest BCUT2D eigenvalue weighted by Crippen LogP contribution is 2.44. The van der Waals surface area contributed by atoms with Gasteiger partial charge in [-0.3, -0.25) is 9.59 Å². The molecular formula is C26H28N2O5. The van der Waals surface area contributed by atoms with Crippen molar-refractivity contribution in [2.75, 3.05) is 13.2 Å². The van der Waals surface area contributed by atoms with Crippen molar-refractivity contribution in [1.29, 1.82) is 0 Å². The lowest BCUT2D eigenvalue weighted by Gasteiger charge is -2.35. The van der Waals surface area contributed by atoms with Crippen LogP contribution in [0.1, 0.15) is 42.7 Å². The minimum atomic E-state index is -0.786. The molecule has 2 amide bonds. The number of rotatable bonds is 8. The van der Waals surface area contributed by atoms with E-state index in [1.54, 1.807) is 0 Å². The van der Waals surface area contributed by atoms with E-state index < -0.39 is 12.1 Å². The van der Waals surface area contributed by atoms with Gasteiger partial charge in [-0.2, -0.15) is 0 Å². The molecule has 5 rings (SSSR count). The lowest BCUT2D eigenvalue weighted by Crippen LogP contribution is -2.45. The van der Waals surface area contributed by atoms with Gasteiger partial charge in [-0.05, 0) is 53.4 Å². The van der Waals surface area contributed by atoms with Crippen LogP contribution >= 0.6 is 0 Å². The van der Waals surface area contributed by atoms with Crippen LogP contribution in [0.5, 0.6) is 0 Å². The summed E-state index contributed by atoms with van der Waals surface area (Å²) in [6.07, 6.45) is 1.92. The lowest BCUT2D eigenvalue weighted by molar-refractivity contribution is -0.139. The third-order valence-electron chi connectivity index (χ3n) is 7.16. The lowest BCUT2D eigenvalue weighted by atomic mass is 9.78. The van der Waals surface area contributed by atoms with Gasteiger partial charge in [0, 0.05) is 30.8 Å². The Morgan fingerprint density at radius 1 is 0.939 bits per heavy atom. The highest BCUT2D eigenvalue weighted by Gasteiger charge is 2.44. The number of aliphatic carboxylic acids is 1. The SMILES string of the molecule is O=C(O)CC1CC(NC(=O)[C@@H]2C[C@@H]2CNC(=O)OCC2c3ccccc3-c3ccccc32)C1. The molecule has 2 atom stereocenters. The maximum absolute atomic E-state index is 12.4. The highest BCUT2D eigenvalue weighted by molar-refractivity contribution is 5.82. The van der Waals surface area contributed by atoms with Crippen molar-refractivity contribution >= 4 is 18.0 Å². The first-order chi connectivity index (χ1) is 16.0. The molecule has 0 spiro atoms. The Bertz CT molecular complexity index is 1030. The zero-order valence-electron chi connectivity index (χ0n) is 18.3. The summed E-state index contributed by atoms with van der Waals surface area (Å²) in [5, 5.41) is 14.6. The average Bonchev–Trinajstić information content (AvgIpc) is 3.50. The molecule has 7 nitrogen and oxygen atoms in total. The summed E-state index contributed by atoms with van der Waals surface area (Å²) in [5.41, 5.74) is 4.73. The Morgan fingerprint density at radius 2 is 1.58 bits per heavy atom. The van der Waals surface area contributed by atoms with Gasteiger partial charge in [0.1, 0.15) is 6.61 Å². The molecule has 0 saturated heterocycles. The van der Waals surface area contributed by atoms with E-state index in [4.69, 9.17) is 9.84 Å². The van der Waals surface area contributed by atoms with Crippen molar-refractivity contribution in [2.45, 2.75) is 37.6 Å². The largest absolute Gasteiger partial charge is 0.481 e. The topological polar surface area (TPSA) is 105 Å². The van der Waals surface area contributed by atoms with Gasteiger partial charge < -0.3 is 20.5 Å². The zero-order valence-corrected chi connectivity index (χ0v) is 18.3. The molecule has 33 heavy (non-hydrogen) atoms. The number of hydrogen-bond donors (Lipinski definition) is 3. The van der Waals surface area contributed by atoms with E-state index in [1.165, 1.54) is 22.3 Å². The number of benzene rings is 2. The first-order valence-corrected chi connectivity index (χ1v) is 11.6. The van der Waals surface area contributed by atoms with E-state index in [2.05, 4.69) is 34.9 Å². The minimum absolute atomic E-state index is 0.00751. The zero-order chi connectivity index (χ0) is 22.9. The average molecular weight is 449 g/mol. The number of alkyl carbamates (subject to hydrolysis) is 1. The summed E-state index contributed by atoms with van der Waals surface area (Å²) in [6, 6.07) is 16.5. The van der Waals surface area contributed by atoms with E-state index in [0.717, 1.165) is 19.3 Å². The number of fused-ring (bicyclic) bond motifs is 3. The van der Waals surface area contributed by atoms with Crippen LogP contribution in [0.25, 0.3) is 11.1 Å². The Labute approximate surface area is 192 Å². The summed E-state index contributed by atoms with van der Waals surface area (Å²) in [5.74, 6) is -0.551. The van der Waals surface area contributed by atoms with Crippen molar-refractivity contribution in [3.05, 3.63) is 59.7 Å². The maximum Gasteiger partial charge on any atom is 0.407 e. The molecule has 2 saturated carbocycles. The van der Waals surface area contributed by atoms with E-state index in [1.807, 2.05) is 24.3 Å². The number of nitrogens with one attached hydrogen (secondary N) is 2. The third-order valence-corrected chi connectivity index (χ3v) is 7.16. The molecule has 3 aliphatic carbocycles. The van der Waals surface area contributed by atoms with Crippen LogP contribution in [-0.2, 0) is 14.3 Å². The molecule has 7 heteroatoms. The Kier molecular flexibility index (Phi) is 5.79. The second-order valence-electron chi connectivity index (χ2n) is 9.45. The van der Waals surface area contributed by atoms with Crippen LogP contribution in [0.15, 0.2) is 48.5 Å². The van der Waals surface area contributed by atoms with Crippen molar-refractivity contribution in [2.24, 2.45) is 17.8 Å². The van der Waals surface area contributed by atoms with E-state index in [9.17, 15) is 14.4 Å². The minimum Gasteiger partial charge on any atom is -0.481 e. The third kappa shape index (κ3) is 4.58. The van der Waals surface area contributed by atoms with Crippen molar-refractivity contribution < 1.29 is 24.2 Å². The summed E-state index contributed by atoms with van der Waals surface area (Å²) < 4.78 is 5.55. The Balaban J connectivity index is 1.05. The van der Waals surface area contributed by atoms with E-state index >= 15 is 0 Å². The molecular weight excluding hydrogens is 420 g/mol. The van der Waals surface area contributed by atoms with Gasteiger partial charge in [-0.25, -0.2) is 4.79 Å². The molecule has 0 aliphatic heterocycles. The number of hydrogen-bond acceptors (Lipinski definition) is 4. The smallest absolute Gasteiger partial charge is 0.407 e. The summed E-state index contributed by atoms with van der Waals surface area (Å²) >= 11 is 0. The Hall–Kier alpha value is -3.35. The normalized spacial score (nSPS) is 24.7. The summed E-state index contributed by atoms with van der Waals surface area (Å²) in [6.45, 7) is 0.689. The molecule has 2 aromatic carbocycles. The first kappa shape index (κ1) is 21.5. The number of carboxylic acid groups (broad SMARTS) is 1. The number of carboxylic acids is 1. The summed E-state index contributed by atoms with van der Waals surface area (Å²) in [7, 11) is 0. The quantitative estimate of drug-likeness (QED) is 0.573. The molecule has 3 N–H and O–H groups in total. The van der Waals surface area contributed by atoms with Crippen LogP contribution < -0.4 is 10.6 Å². The molecule has 3 aliphatic rings. The highest BCUT2D eigenvalue weighted by atomic mass is 16.5.